The van der Waals surface area contributed by atoms with E-state index < -0.39 is 5.97 Å². The van der Waals surface area contributed by atoms with Crippen LogP contribution >= 0.6 is 11.3 Å². The van der Waals surface area contributed by atoms with Gasteiger partial charge in [-0.05, 0) is 48.1 Å². The number of amides is 1. The van der Waals surface area contributed by atoms with Crippen LogP contribution in [0.15, 0.2) is 60.7 Å². The topological polar surface area (TPSA) is 64.1 Å². The second kappa shape index (κ2) is 11.1. The summed E-state index contributed by atoms with van der Waals surface area (Å²) in [7, 11) is 4.06. The molecule has 1 aromatic heterocycles. The summed E-state index contributed by atoms with van der Waals surface area (Å²) >= 11 is 1.26. The summed E-state index contributed by atoms with van der Waals surface area (Å²) in [4.78, 5) is 33.4. The molecule has 1 atom stereocenters. The van der Waals surface area contributed by atoms with Crippen molar-refractivity contribution >= 4 is 34.6 Å². The van der Waals surface area contributed by atoms with Crippen molar-refractivity contribution in [3.8, 4) is 10.4 Å². The SMILES string of the molecule is CN(C)c1ccc(CN2CC(=O)N(c3cc(-c4ccccc4)sc3C(=O)O)[C@H](C3CCCCC3)C2)cc1. The molecule has 0 spiro atoms. The number of thiophene rings is 1. The predicted molar refractivity (Wildman–Crippen MR) is 151 cm³/mol. The number of rotatable bonds is 7. The molecule has 1 N–H and O–H groups in total. The van der Waals surface area contributed by atoms with E-state index in [0.29, 0.717) is 18.2 Å². The molecule has 5 rings (SSSR count). The highest BCUT2D eigenvalue weighted by Crippen LogP contribution is 2.41. The van der Waals surface area contributed by atoms with E-state index in [9.17, 15) is 14.7 Å². The monoisotopic (exact) mass is 517 g/mol. The van der Waals surface area contributed by atoms with Gasteiger partial charge in [-0.25, -0.2) is 4.79 Å². The lowest BCUT2D eigenvalue weighted by Gasteiger charge is -2.45. The number of hydrogen-bond acceptors (Lipinski definition) is 5. The minimum absolute atomic E-state index is 0.00773. The van der Waals surface area contributed by atoms with Gasteiger partial charge in [0.15, 0.2) is 0 Å². The molecule has 1 amide bonds. The van der Waals surface area contributed by atoms with Crippen LogP contribution in [0.1, 0.15) is 47.3 Å². The second-order valence-corrected chi connectivity index (χ2v) is 11.5. The van der Waals surface area contributed by atoms with Crippen molar-refractivity contribution in [3.05, 3.63) is 71.1 Å². The lowest BCUT2D eigenvalue weighted by molar-refractivity contribution is -0.123. The quantitative estimate of drug-likeness (QED) is 0.418. The van der Waals surface area contributed by atoms with Crippen molar-refractivity contribution in [3.63, 3.8) is 0 Å². The summed E-state index contributed by atoms with van der Waals surface area (Å²) in [6.07, 6.45) is 5.73. The van der Waals surface area contributed by atoms with Gasteiger partial charge in [0, 0.05) is 37.7 Å². The Labute approximate surface area is 223 Å². The highest BCUT2D eigenvalue weighted by atomic mass is 32.1. The fourth-order valence-corrected chi connectivity index (χ4v) is 6.78. The molecule has 2 aliphatic rings. The Morgan fingerprint density at radius 1 is 1.03 bits per heavy atom. The molecular weight excluding hydrogens is 482 g/mol. The zero-order chi connectivity index (χ0) is 25.9. The molecule has 1 saturated carbocycles. The molecule has 2 heterocycles. The molecule has 1 saturated heterocycles. The van der Waals surface area contributed by atoms with Crippen LogP contribution in [-0.4, -0.2) is 55.1 Å². The van der Waals surface area contributed by atoms with Crippen molar-refractivity contribution in [1.82, 2.24) is 4.90 Å². The van der Waals surface area contributed by atoms with Gasteiger partial charge in [0.05, 0.1) is 18.3 Å². The van der Waals surface area contributed by atoms with Gasteiger partial charge in [-0.2, -0.15) is 0 Å². The van der Waals surface area contributed by atoms with E-state index in [2.05, 4.69) is 34.1 Å². The van der Waals surface area contributed by atoms with Crippen LogP contribution in [0.2, 0.25) is 0 Å². The summed E-state index contributed by atoms with van der Waals surface area (Å²) in [6, 6.07) is 20.2. The molecule has 2 fully saturated rings. The van der Waals surface area contributed by atoms with Crippen molar-refractivity contribution < 1.29 is 14.7 Å². The van der Waals surface area contributed by atoms with Crippen molar-refractivity contribution in [2.24, 2.45) is 5.92 Å². The molecule has 1 aliphatic heterocycles. The van der Waals surface area contributed by atoms with Crippen molar-refractivity contribution in [1.29, 1.82) is 0 Å². The Morgan fingerprint density at radius 3 is 2.38 bits per heavy atom. The van der Waals surface area contributed by atoms with Crippen LogP contribution in [0.25, 0.3) is 10.4 Å². The van der Waals surface area contributed by atoms with Crippen LogP contribution in [0.4, 0.5) is 11.4 Å². The fraction of sp³-hybridized carbons (Fsp3) is 0.400. The number of aromatic carboxylic acids is 1. The summed E-state index contributed by atoms with van der Waals surface area (Å²) < 4.78 is 0. The number of carboxylic acid groups (broad SMARTS) is 1. The maximum absolute atomic E-state index is 13.8. The van der Waals surface area contributed by atoms with Crippen LogP contribution in [0.5, 0.6) is 0 Å². The summed E-state index contributed by atoms with van der Waals surface area (Å²) in [6.45, 7) is 1.75. The fourth-order valence-electron chi connectivity index (χ4n) is 5.79. The lowest BCUT2D eigenvalue weighted by Crippen LogP contribution is -2.59. The second-order valence-electron chi connectivity index (χ2n) is 10.5. The molecule has 37 heavy (non-hydrogen) atoms. The number of carboxylic acids is 1. The minimum Gasteiger partial charge on any atom is -0.477 e. The Morgan fingerprint density at radius 2 is 1.73 bits per heavy atom. The van der Waals surface area contributed by atoms with E-state index in [-0.39, 0.29) is 23.4 Å². The normalized spacial score (nSPS) is 19.2. The van der Waals surface area contributed by atoms with Gasteiger partial charge in [-0.1, -0.05) is 61.7 Å². The molecule has 1 aliphatic carbocycles. The first kappa shape index (κ1) is 25.5. The first-order valence-electron chi connectivity index (χ1n) is 13.1. The molecule has 2 aromatic carbocycles. The van der Waals surface area contributed by atoms with Crippen LogP contribution in [0, 0.1) is 5.92 Å². The van der Waals surface area contributed by atoms with Crippen LogP contribution < -0.4 is 9.80 Å². The summed E-state index contributed by atoms with van der Waals surface area (Å²) in [5.41, 5.74) is 3.87. The minimum atomic E-state index is -0.971. The Balaban J connectivity index is 1.46. The van der Waals surface area contributed by atoms with Gasteiger partial charge in [0.1, 0.15) is 4.88 Å². The zero-order valence-corrected chi connectivity index (χ0v) is 22.4. The standard InChI is InChI=1S/C30H35N3O3S/c1-31(2)24-15-13-21(14-16-24)18-32-19-26(22-9-5-3-6-10-22)33(28(34)20-32)25-17-27(37-29(25)30(35)36)23-11-7-4-8-12-23/h4,7-8,11-17,22,26H,3,5-6,9-10,18-20H2,1-2H3,(H,35,36)/t26-/m0/s1. The van der Waals surface area contributed by atoms with Crippen LogP contribution in [-0.2, 0) is 11.3 Å². The molecule has 0 radical (unpaired) electrons. The Kier molecular flexibility index (Phi) is 7.63. The van der Waals surface area contributed by atoms with Gasteiger partial charge in [-0.15, -0.1) is 11.3 Å². The molecule has 3 aromatic rings. The van der Waals surface area contributed by atoms with Gasteiger partial charge < -0.3 is 14.9 Å². The maximum atomic E-state index is 13.8. The van der Waals surface area contributed by atoms with Gasteiger partial charge in [0.2, 0.25) is 5.91 Å². The number of carbonyl (C=O) groups is 2. The number of hydrogen-bond donors (Lipinski definition) is 1. The first-order chi connectivity index (χ1) is 17.9. The van der Waals surface area contributed by atoms with Gasteiger partial charge in [0.25, 0.3) is 0 Å². The summed E-state index contributed by atoms with van der Waals surface area (Å²) in [5.74, 6) is -0.606. The lowest BCUT2D eigenvalue weighted by atomic mass is 9.82. The van der Waals surface area contributed by atoms with Gasteiger partial charge >= 0.3 is 5.97 Å². The largest absolute Gasteiger partial charge is 0.477 e. The number of benzene rings is 2. The summed E-state index contributed by atoms with van der Waals surface area (Å²) in [5, 5.41) is 10.1. The average molecular weight is 518 g/mol. The van der Waals surface area contributed by atoms with E-state index in [1.807, 2.05) is 55.4 Å². The average Bonchev–Trinajstić information content (AvgIpc) is 3.35. The third-order valence-electron chi connectivity index (χ3n) is 7.68. The smallest absolute Gasteiger partial charge is 0.348 e. The molecule has 194 valence electrons. The van der Waals surface area contributed by atoms with E-state index in [0.717, 1.165) is 35.5 Å². The third kappa shape index (κ3) is 5.58. The van der Waals surface area contributed by atoms with E-state index in [4.69, 9.17) is 0 Å². The van der Waals surface area contributed by atoms with Gasteiger partial charge in [-0.3, -0.25) is 9.69 Å². The first-order valence-corrected chi connectivity index (χ1v) is 14.0. The highest BCUT2D eigenvalue weighted by Gasteiger charge is 2.40. The van der Waals surface area contributed by atoms with E-state index in [1.54, 1.807) is 0 Å². The molecule has 7 heteroatoms. The number of anilines is 2. The Bertz CT molecular complexity index is 1230. The number of piperazine rings is 1. The number of carbonyl (C=O) groups excluding carboxylic acids is 1. The maximum Gasteiger partial charge on any atom is 0.348 e. The molecule has 0 unspecified atom stereocenters. The van der Waals surface area contributed by atoms with E-state index >= 15 is 0 Å². The van der Waals surface area contributed by atoms with Crippen molar-refractivity contribution in [2.75, 3.05) is 37.0 Å². The Hall–Kier alpha value is -3.16. The van der Waals surface area contributed by atoms with E-state index in [1.165, 1.54) is 36.2 Å². The van der Waals surface area contributed by atoms with Crippen molar-refractivity contribution in [2.45, 2.75) is 44.7 Å². The number of nitrogens with zero attached hydrogens (tertiary/aromatic N) is 3. The molecular formula is C30H35N3O3S. The predicted octanol–water partition coefficient (Wildman–Crippen LogP) is 5.98. The molecule has 6 nitrogen and oxygen atoms in total. The molecule has 0 bridgehead atoms. The highest BCUT2D eigenvalue weighted by molar-refractivity contribution is 7.18. The third-order valence-corrected chi connectivity index (χ3v) is 8.84. The zero-order valence-electron chi connectivity index (χ0n) is 21.6. The van der Waals surface area contributed by atoms with Crippen LogP contribution in [0.3, 0.4) is 0 Å².